The second kappa shape index (κ2) is 10.8. The summed E-state index contributed by atoms with van der Waals surface area (Å²) >= 11 is 0. The number of carboxylic acid groups (broad SMARTS) is 1. The number of nitrogens with zero attached hydrogens (tertiary/aromatic N) is 1. The number of urea groups is 1. The number of imide groups is 1. The van der Waals surface area contributed by atoms with E-state index in [1.165, 1.54) is 12.3 Å². The standard InChI is InChI=1S/C22H36N4O5/c1-2-31-12-7-19(27)25-20(28)23-17-5-3-16(4-6-17)15-26-10-8-22(9-11-26)13-18(14-22)24-21(29)30/h7,12,16-18,24H,2-6,8-11,13-15H2,1H3,(H,29,30)(H2,23,25,27,28)/t16-,17-. The Morgan fingerprint density at radius 3 is 2.35 bits per heavy atom. The molecule has 3 rings (SSSR count). The fraction of sp³-hybridized carbons (Fsp3) is 0.773. The van der Waals surface area contributed by atoms with Crippen LogP contribution in [0.3, 0.4) is 0 Å². The lowest BCUT2D eigenvalue weighted by Gasteiger charge is -2.52. The zero-order valence-electron chi connectivity index (χ0n) is 18.4. The maximum Gasteiger partial charge on any atom is 0.404 e. The van der Waals surface area contributed by atoms with Crippen molar-refractivity contribution in [3.63, 3.8) is 0 Å². The van der Waals surface area contributed by atoms with E-state index in [0.29, 0.717) is 17.9 Å². The quantitative estimate of drug-likeness (QED) is 0.359. The molecule has 4 N–H and O–H groups in total. The van der Waals surface area contributed by atoms with Crippen molar-refractivity contribution in [1.29, 1.82) is 0 Å². The van der Waals surface area contributed by atoms with Crippen LogP contribution in [0.5, 0.6) is 0 Å². The molecule has 0 aromatic carbocycles. The summed E-state index contributed by atoms with van der Waals surface area (Å²) < 4.78 is 4.95. The molecule has 3 fully saturated rings. The summed E-state index contributed by atoms with van der Waals surface area (Å²) in [7, 11) is 0. The normalized spacial score (nSPS) is 26.2. The molecular weight excluding hydrogens is 400 g/mol. The first-order chi connectivity index (χ1) is 14.9. The lowest BCUT2D eigenvalue weighted by atomic mass is 9.60. The van der Waals surface area contributed by atoms with Gasteiger partial charge < -0.3 is 25.4 Å². The fourth-order valence-corrected chi connectivity index (χ4v) is 5.32. The van der Waals surface area contributed by atoms with Crippen molar-refractivity contribution in [3.8, 4) is 0 Å². The van der Waals surface area contributed by atoms with Crippen molar-refractivity contribution in [1.82, 2.24) is 20.9 Å². The highest BCUT2D eigenvalue weighted by Gasteiger charge is 2.46. The molecule has 4 amide bonds. The number of likely N-dealkylation sites (tertiary alicyclic amines) is 1. The van der Waals surface area contributed by atoms with Gasteiger partial charge in [0.25, 0.3) is 5.91 Å². The van der Waals surface area contributed by atoms with E-state index >= 15 is 0 Å². The first-order valence-corrected chi connectivity index (χ1v) is 11.5. The maximum absolute atomic E-state index is 12.0. The Balaban J connectivity index is 1.28. The molecule has 3 aliphatic rings. The molecule has 31 heavy (non-hydrogen) atoms. The van der Waals surface area contributed by atoms with Crippen LogP contribution in [0, 0.1) is 11.3 Å². The van der Waals surface area contributed by atoms with Crippen molar-refractivity contribution >= 4 is 18.0 Å². The highest BCUT2D eigenvalue weighted by atomic mass is 16.5. The molecule has 1 heterocycles. The predicted molar refractivity (Wildman–Crippen MR) is 115 cm³/mol. The van der Waals surface area contributed by atoms with Gasteiger partial charge in [-0.25, -0.2) is 9.59 Å². The van der Waals surface area contributed by atoms with Crippen LogP contribution in [0.1, 0.15) is 58.3 Å². The highest BCUT2D eigenvalue weighted by Crippen LogP contribution is 2.49. The number of hydrogen-bond donors (Lipinski definition) is 4. The highest BCUT2D eigenvalue weighted by molar-refractivity contribution is 6.00. The molecule has 2 aliphatic carbocycles. The smallest absolute Gasteiger partial charge is 0.404 e. The minimum absolute atomic E-state index is 0.109. The first kappa shape index (κ1) is 23.4. The number of hydrogen-bond acceptors (Lipinski definition) is 5. The molecule has 0 aromatic rings. The van der Waals surface area contributed by atoms with Crippen LogP contribution >= 0.6 is 0 Å². The summed E-state index contributed by atoms with van der Waals surface area (Å²) in [5, 5.41) is 16.6. The molecule has 0 unspecified atom stereocenters. The minimum Gasteiger partial charge on any atom is -0.501 e. The van der Waals surface area contributed by atoms with E-state index in [9.17, 15) is 14.4 Å². The number of amides is 4. The van der Waals surface area contributed by atoms with Gasteiger partial charge in [-0.2, -0.15) is 0 Å². The SMILES string of the molecule is CCOC=CC(=O)NC(=O)N[C@H]1CC[C@H](CN2CCC3(CC2)CC(NC(=O)O)C3)CC1. The molecule has 9 nitrogen and oxygen atoms in total. The Bertz CT molecular complexity index is 659. The Morgan fingerprint density at radius 1 is 1.06 bits per heavy atom. The predicted octanol–water partition coefficient (Wildman–Crippen LogP) is 2.43. The second-order valence-corrected chi connectivity index (χ2v) is 9.29. The molecule has 2 saturated carbocycles. The molecule has 1 spiro atoms. The Morgan fingerprint density at radius 2 is 1.74 bits per heavy atom. The largest absolute Gasteiger partial charge is 0.501 e. The number of piperidine rings is 1. The van der Waals surface area contributed by atoms with E-state index in [2.05, 4.69) is 20.9 Å². The van der Waals surface area contributed by atoms with Crippen molar-refractivity contribution < 1.29 is 24.2 Å². The summed E-state index contributed by atoms with van der Waals surface area (Å²) in [5.41, 5.74) is 0.355. The summed E-state index contributed by atoms with van der Waals surface area (Å²) in [4.78, 5) is 36.9. The zero-order valence-corrected chi connectivity index (χ0v) is 18.4. The van der Waals surface area contributed by atoms with Crippen molar-refractivity contribution in [2.75, 3.05) is 26.2 Å². The van der Waals surface area contributed by atoms with E-state index in [1.807, 2.05) is 6.92 Å². The van der Waals surface area contributed by atoms with Crippen molar-refractivity contribution in [2.45, 2.75) is 70.4 Å². The van der Waals surface area contributed by atoms with Crippen LogP contribution in [0.4, 0.5) is 9.59 Å². The molecule has 9 heteroatoms. The number of carbonyl (C=O) groups is 3. The van der Waals surface area contributed by atoms with Crippen molar-refractivity contribution in [3.05, 3.63) is 12.3 Å². The van der Waals surface area contributed by atoms with E-state index in [1.54, 1.807) is 0 Å². The van der Waals surface area contributed by atoms with Gasteiger partial charge >= 0.3 is 12.1 Å². The van der Waals surface area contributed by atoms with Crippen LogP contribution in [0.25, 0.3) is 0 Å². The van der Waals surface area contributed by atoms with Gasteiger partial charge in [0, 0.05) is 24.7 Å². The summed E-state index contributed by atoms with van der Waals surface area (Å²) in [6.07, 6.45) is 9.88. The molecule has 0 bridgehead atoms. The van der Waals surface area contributed by atoms with E-state index in [4.69, 9.17) is 9.84 Å². The molecule has 0 radical (unpaired) electrons. The number of carbonyl (C=O) groups excluding carboxylic acids is 2. The monoisotopic (exact) mass is 436 g/mol. The van der Waals surface area contributed by atoms with Crippen LogP contribution in [0.15, 0.2) is 12.3 Å². The molecule has 0 atom stereocenters. The molecule has 1 aliphatic heterocycles. The number of rotatable bonds is 7. The fourth-order valence-electron chi connectivity index (χ4n) is 5.32. The van der Waals surface area contributed by atoms with Crippen LogP contribution in [-0.2, 0) is 9.53 Å². The van der Waals surface area contributed by atoms with E-state index in [0.717, 1.165) is 71.0 Å². The van der Waals surface area contributed by atoms with Gasteiger partial charge in [-0.15, -0.1) is 0 Å². The van der Waals surface area contributed by atoms with Gasteiger partial charge in [-0.3, -0.25) is 10.1 Å². The lowest BCUT2D eigenvalue weighted by Crippen LogP contribution is -2.55. The lowest BCUT2D eigenvalue weighted by molar-refractivity contribution is -0.115. The molecule has 0 aromatic heterocycles. The van der Waals surface area contributed by atoms with Gasteiger partial charge in [0.15, 0.2) is 0 Å². The number of nitrogens with one attached hydrogen (secondary N) is 3. The Kier molecular flexibility index (Phi) is 8.17. The topological polar surface area (TPSA) is 120 Å². The maximum atomic E-state index is 12.0. The first-order valence-electron chi connectivity index (χ1n) is 11.5. The average molecular weight is 437 g/mol. The van der Waals surface area contributed by atoms with Gasteiger partial charge in [-0.1, -0.05) is 0 Å². The van der Waals surface area contributed by atoms with Crippen molar-refractivity contribution in [2.24, 2.45) is 11.3 Å². The van der Waals surface area contributed by atoms with Gasteiger partial charge in [0.05, 0.1) is 12.9 Å². The third-order valence-electron chi connectivity index (χ3n) is 7.02. The van der Waals surface area contributed by atoms with E-state index < -0.39 is 18.0 Å². The third-order valence-corrected chi connectivity index (χ3v) is 7.02. The van der Waals surface area contributed by atoms with Crippen LogP contribution in [0.2, 0.25) is 0 Å². The van der Waals surface area contributed by atoms with Gasteiger partial charge in [0.2, 0.25) is 0 Å². The second-order valence-electron chi connectivity index (χ2n) is 9.29. The minimum atomic E-state index is -0.912. The average Bonchev–Trinajstić information content (AvgIpc) is 2.69. The third kappa shape index (κ3) is 7.12. The molecular formula is C22H36N4O5. The Labute approximate surface area is 183 Å². The van der Waals surface area contributed by atoms with Gasteiger partial charge in [-0.05, 0) is 82.7 Å². The zero-order chi connectivity index (χ0) is 22.3. The van der Waals surface area contributed by atoms with Gasteiger partial charge in [0.1, 0.15) is 0 Å². The number of ether oxygens (including phenoxy) is 1. The molecule has 1 saturated heterocycles. The summed E-state index contributed by atoms with van der Waals surface area (Å²) in [6.45, 7) is 5.59. The Hall–Kier alpha value is -2.29. The molecule has 174 valence electrons. The summed E-state index contributed by atoms with van der Waals surface area (Å²) in [5.74, 6) is 0.160. The summed E-state index contributed by atoms with van der Waals surface area (Å²) in [6, 6.07) is -0.203. The van der Waals surface area contributed by atoms with Crippen LogP contribution in [-0.4, -0.2) is 66.4 Å². The van der Waals surface area contributed by atoms with Crippen LogP contribution < -0.4 is 16.0 Å². The van der Waals surface area contributed by atoms with E-state index in [-0.39, 0.29) is 12.1 Å².